The number of nitriles is 2. The molecule has 132 valence electrons. The van der Waals surface area contributed by atoms with Gasteiger partial charge in [0.2, 0.25) is 5.95 Å². The van der Waals surface area contributed by atoms with E-state index in [0.29, 0.717) is 22.7 Å². The van der Waals surface area contributed by atoms with Crippen molar-refractivity contribution in [2.75, 3.05) is 17.2 Å². The van der Waals surface area contributed by atoms with E-state index in [-0.39, 0.29) is 18.4 Å². The predicted octanol–water partition coefficient (Wildman–Crippen LogP) is 3.88. The van der Waals surface area contributed by atoms with Gasteiger partial charge in [-0.05, 0) is 36.4 Å². The van der Waals surface area contributed by atoms with Gasteiger partial charge < -0.3 is 15.4 Å². The molecule has 1 heterocycles. The second-order valence-corrected chi connectivity index (χ2v) is 5.30. The lowest BCUT2D eigenvalue weighted by Gasteiger charge is -2.10. The van der Waals surface area contributed by atoms with Gasteiger partial charge in [-0.25, -0.2) is 9.37 Å². The molecule has 27 heavy (non-hydrogen) atoms. The first kappa shape index (κ1) is 17.6. The molecule has 3 rings (SSSR count). The summed E-state index contributed by atoms with van der Waals surface area (Å²) in [6, 6.07) is 17.4. The molecule has 0 fully saturated rings. The average Bonchev–Trinajstić information content (AvgIpc) is 2.70. The van der Waals surface area contributed by atoms with Gasteiger partial charge in [0.05, 0.1) is 17.8 Å². The van der Waals surface area contributed by atoms with Gasteiger partial charge in [0.1, 0.15) is 11.8 Å². The van der Waals surface area contributed by atoms with Crippen LogP contribution >= 0.6 is 0 Å². The van der Waals surface area contributed by atoms with Crippen LogP contribution < -0.4 is 15.4 Å². The molecule has 0 amide bonds. The highest BCUT2D eigenvalue weighted by atomic mass is 19.1. The highest BCUT2D eigenvalue weighted by Crippen LogP contribution is 2.23. The lowest BCUT2D eigenvalue weighted by Crippen LogP contribution is -2.03. The Labute approximate surface area is 154 Å². The first-order valence-electron chi connectivity index (χ1n) is 7.84. The van der Waals surface area contributed by atoms with Gasteiger partial charge >= 0.3 is 0 Å². The zero-order valence-electron chi connectivity index (χ0n) is 14.0. The second-order valence-electron chi connectivity index (χ2n) is 5.30. The van der Waals surface area contributed by atoms with Gasteiger partial charge in [0, 0.05) is 17.4 Å². The molecule has 0 unspecified atom stereocenters. The van der Waals surface area contributed by atoms with Crippen LogP contribution in [0.5, 0.6) is 5.75 Å². The molecular formula is C19H13FN6O. The number of nitrogens with one attached hydrogen (secondary N) is 2. The van der Waals surface area contributed by atoms with Crippen LogP contribution in [0.3, 0.4) is 0 Å². The van der Waals surface area contributed by atoms with Crippen molar-refractivity contribution in [1.82, 2.24) is 9.97 Å². The number of benzene rings is 2. The van der Waals surface area contributed by atoms with E-state index < -0.39 is 5.82 Å². The lowest BCUT2D eigenvalue weighted by molar-refractivity contribution is 0.368. The molecule has 2 aromatic carbocycles. The Morgan fingerprint density at radius 3 is 2.59 bits per heavy atom. The minimum Gasteiger partial charge on any atom is -0.479 e. The SMILES string of the molecule is N#CCOc1cccc(Nc2nc(Nc3ccc(C#N)cc3)ncc2F)c1. The molecule has 3 aromatic rings. The van der Waals surface area contributed by atoms with E-state index in [1.165, 1.54) is 0 Å². The van der Waals surface area contributed by atoms with Crippen molar-refractivity contribution in [2.45, 2.75) is 0 Å². The van der Waals surface area contributed by atoms with Crippen LogP contribution in [-0.2, 0) is 0 Å². The van der Waals surface area contributed by atoms with E-state index >= 15 is 0 Å². The van der Waals surface area contributed by atoms with Crippen LogP contribution in [0.1, 0.15) is 5.56 Å². The van der Waals surface area contributed by atoms with Crippen molar-refractivity contribution in [3.63, 3.8) is 0 Å². The summed E-state index contributed by atoms with van der Waals surface area (Å²) in [6.45, 7) is -0.0794. The van der Waals surface area contributed by atoms with Crippen molar-refractivity contribution in [3.8, 4) is 17.9 Å². The van der Waals surface area contributed by atoms with Gasteiger partial charge in [-0.1, -0.05) is 6.07 Å². The van der Waals surface area contributed by atoms with Gasteiger partial charge in [-0.15, -0.1) is 0 Å². The van der Waals surface area contributed by atoms with Crippen molar-refractivity contribution >= 4 is 23.1 Å². The van der Waals surface area contributed by atoms with E-state index in [1.54, 1.807) is 48.5 Å². The number of hydrogen-bond acceptors (Lipinski definition) is 7. The summed E-state index contributed by atoms with van der Waals surface area (Å²) in [6.07, 6.45) is 1.05. The molecule has 2 N–H and O–H groups in total. The zero-order valence-corrected chi connectivity index (χ0v) is 14.0. The molecular weight excluding hydrogens is 347 g/mol. The third kappa shape index (κ3) is 4.68. The van der Waals surface area contributed by atoms with E-state index in [1.807, 2.05) is 12.1 Å². The number of anilines is 4. The van der Waals surface area contributed by atoms with Crippen LogP contribution in [0, 0.1) is 28.5 Å². The third-order valence-electron chi connectivity index (χ3n) is 3.41. The molecule has 0 spiro atoms. The minimum atomic E-state index is -0.622. The Balaban J connectivity index is 1.77. The number of rotatable bonds is 6. The number of hydrogen-bond donors (Lipinski definition) is 2. The molecule has 0 saturated carbocycles. The number of halogens is 1. The fourth-order valence-corrected chi connectivity index (χ4v) is 2.19. The van der Waals surface area contributed by atoms with E-state index in [9.17, 15) is 4.39 Å². The summed E-state index contributed by atoms with van der Waals surface area (Å²) in [5.74, 6) is 0.0368. The molecule has 0 aliphatic heterocycles. The highest BCUT2D eigenvalue weighted by molar-refractivity contribution is 5.61. The summed E-state index contributed by atoms with van der Waals surface area (Å²) in [4.78, 5) is 8.04. The van der Waals surface area contributed by atoms with Crippen LogP contribution in [0.15, 0.2) is 54.7 Å². The Bertz CT molecular complexity index is 1020. The van der Waals surface area contributed by atoms with Crippen LogP contribution in [0.25, 0.3) is 0 Å². The maximum absolute atomic E-state index is 14.1. The van der Waals surface area contributed by atoms with E-state index in [0.717, 1.165) is 6.20 Å². The minimum absolute atomic E-state index is 0.0152. The molecule has 1 aromatic heterocycles. The Morgan fingerprint density at radius 2 is 1.85 bits per heavy atom. The van der Waals surface area contributed by atoms with Gasteiger partial charge in [0.25, 0.3) is 0 Å². The first-order chi connectivity index (χ1) is 13.2. The van der Waals surface area contributed by atoms with E-state index in [2.05, 4.69) is 20.6 Å². The average molecular weight is 360 g/mol. The fourth-order valence-electron chi connectivity index (χ4n) is 2.19. The summed E-state index contributed by atoms with van der Waals surface area (Å²) in [7, 11) is 0. The maximum atomic E-state index is 14.1. The fraction of sp³-hybridized carbons (Fsp3) is 0.0526. The summed E-state index contributed by atoms with van der Waals surface area (Å²) < 4.78 is 19.3. The molecule has 0 saturated heterocycles. The molecule has 0 bridgehead atoms. The van der Waals surface area contributed by atoms with Crippen LogP contribution in [0.4, 0.5) is 27.5 Å². The quantitative estimate of drug-likeness (QED) is 0.687. The predicted molar refractivity (Wildman–Crippen MR) is 97.3 cm³/mol. The summed E-state index contributed by atoms with van der Waals surface area (Å²) in [5.41, 5.74) is 1.74. The number of aromatic nitrogens is 2. The van der Waals surface area contributed by atoms with E-state index in [4.69, 9.17) is 15.3 Å². The summed E-state index contributed by atoms with van der Waals surface area (Å²) >= 11 is 0. The normalized spacial score (nSPS) is 9.74. The second kappa shape index (κ2) is 8.28. The largest absolute Gasteiger partial charge is 0.479 e. The Hall–Kier alpha value is -4.17. The smallest absolute Gasteiger partial charge is 0.229 e. The molecule has 0 radical (unpaired) electrons. The standard InChI is InChI=1S/C19H13FN6O/c20-17-12-23-19(25-14-6-4-13(11-22)5-7-14)26-18(17)24-15-2-1-3-16(10-15)27-9-8-21/h1-7,10,12H,9H2,(H2,23,24,25,26). The van der Waals surface area contributed by atoms with Crippen molar-refractivity contribution in [1.29, 1.82) is 10.5 Å². The van der Waals surface area contributed by atoms with Gasteiger partial charge in [-0.3, -0.25) is 0 Å². The first-order valence-corrected chi connectivity index (χ1v) is 7.84. The van der Waals surface area contributed by atoms with Crippen LogP contribution in [0.2, 0.25) is 0 Å². The Kier molecular flexibility index (Phi) is 5.41. The molecule has 8 heteroatoms. The van der Waals surface area contributed by atoms with Crippen molar-refractivity contribution in [2.24, 2.45) is 0 Å². The lowest BCUT2D eigenvalue weighted by atomic mass is 10.2. The topological polar surface area (TPSA) is 107 Å². The number of ether oxygens (including phenoxy) is 1. The molecule has 7 nitrogen and oxygen atoms in total. The summed E-state index contributed by atoms with van der Waals surface area (Å²) in [5, 5.41) is 23.2. The monoisotopic (exact) mass is 360 g/mol. The third-order valence-corrected chi connectivity index (χ3v) is 3.41. The molecule has 0 aliphatic carbocycles. The van der Waals surface area contributed by atoms with Gasteiger partial charge in [0.15, 0.2) is 18.2 Å². The van der Waals surface area contributed by atoms with Gasteiger partial charge in [-0.2, -0.15) is 15.5 Å². The zero-order chi connectivity index (χ0) is 19.1. The number of nitrogens with zero attached hydrogens (tertiary/aromatic N) is 4. The molecule has 0 aliphatic rings. The Morgan fingerprint density at radius 1 is 1.04 bits per heavy atom. The van der Waals surface area contributed by atoms with Crippen LogP contribution in [-0.4, -0.2) is 16.6 Å². The highest BCUT2D eigenvalue weighted by Gasteiger charge is 2.08. The molecule has 0 atom stereocenters. The van der Waals surface area contributed by atoms with Crippen molar-refractivity contribution in [3.05, 3.63) is 66.1 Å². The maximum Gasteiger partial charge on any atom is 0.229 e. The van der Waals surface area contributed by atoms with Crippen molar-refractivity contribution < 1.29 is 9.13 Å².